The zero-order chi connectivity index (χ0) is 12.0. The fourth-order valence-electron chi connectivity index (χ4n) is 3.02. The molecule has 17 heavy (non-hydrogen) atoms. The Morgan fingerprint density at radius 3 is 3.06 bits per heavy atom. The maximum atomic E-state index is 12.4. The maximum Gasteiger partial charge on any atom is 0.230 e. The van der Waals surface area contributed by atoms with Crippen molar-refractivity contribution in [1.29, 1.82) is 0 Å². The van der Waals surface area contributed by atoms with E-state index in [0.29, 0.717) is 5.92 Å². The lowest BCUT2D eigenvalue weighted by Gasteiger charge is -2.41. The molecule has 0 saturated carbocycles. The third-order valence-corrected chi connectivity index (χ3v) is 4.52. The average Bonchev–Trinajstić information content (AvgIpc) is 2.36. The number of piperidine rings is 1. The molecule has 1 fully saturated rings. The number of fused-ring (bicyclic) bond motifs is 3. The van der Waals surface area contributed by atoms with Gasteiger partial charge in [0.15, 0.2) is 0 Å². The second kappa shape index (κ2) is 4.10. The zero-order valence-corrected chi connectivity index (χ0v) is 11.3. The van der Waals surface area contributed by atoms with Crippen molar-refractivity contribution in [3.8, 4) is 0 Å². The Bertz CT molecular complexity index is 474. The van der Waals surface area contributed by atoms with Gasteiger partial charge in [0.2, 0.25) is 5.91 Å². The van der Waals surface area contributed by atoms with E-state index in [1.54, 1.807) is 0 Å². The fraction of sp³-hybridized carbons (Fsp3) is 0.462. The Hall–Kier alpha value is -0.870. The number of para-hydroxylation sites is 1. The van der Waals surface area contributed by atoms with Crippen molar-refractivity contribution in [2.75, 3.05) is 25.0 Å². The molecule has 2 heterocycles. The zero-order valence-electron chi connectivity index (χ0n) is 9.74. The Balaban J connectivity index is 2.16. The number of halogens is 1. The summed E-state index contributed by atoms with van der Waals surface area (Å²) in [6.45, 7) is 1.86. The van der Waals surface area contributed by atoms with Crippen LogP contribution in [0.15, 0.2) is 22.7 Å². The van der Waals surface area contributed by atoms with Gasteiger partial charge in [0.05, 0.1) is 5.69 Å². The van der Waals surface area contributed by atoms with Gasteiger partial charge in [-0.1, -0.05) is 12.1 Å². The third-order valence-electron chi connectivity index (χ3n) is 3.88. The number of anilines is 1. The number of benzene rings is 1. The fourth-order valence-corrected chi connectivity index (χ4v) is 3.67. The number of nitrogens with one attached hydrogen (secondary N) is 1. The van der Waals surface area contributed by atoms with Crippen molar-refractivity contribution >= 4 is 27.5 Å². The predicted octanol–water partition coefficient (Wildman–Crippen LogP) is 2.12. The highest BCUT2D eigenvalue weighted by atomic mass is 79.9. The Labute approximate surface area is 109 Å². The lowest BCUT2D eigenvalue weighted by molar-refractivity contribution is -0.123. The predicted molar refractivity (Wildman–Crippen MR) is 71.3 cm³/mol. The van der Waals surface area contributed by atoms with Crippen LogP contribution in [0.2, 0.25) is 0 Å². The van der Waals surface area contributed by atoms with Crippen LogP contribution >= 0.6 is 15.9 Å². The SMILES string of the molecule is CN1C(=O)C2CCNCC2c2cccc(Br)c21. The minimum absolute atomic E-state index is 0.156. The van der Waals surface area contributed by atoms with Crippen LogP contribution in [0.3, 0.4) is 0 Å². The summed E-state index contributed by atoms with van der Waals surface area (Å²) in [7, 11) is 1.88. The number of carbonyl (C=O) groups excluding carboxylic acids is 1. The first kappa shape index (κ1) is 11.2. The van der Waals surface area contributed by atoms with Crippen LogP contribution < -0.4 is 10.2 Å². The van der Waals surface area contributed by atoms with Crippen LogP contribution in [0.1, 0.15) is 17.9 Å². The van der Waals surface area contributed by atoms with Gasteiger partial charge in [0.25, 0.3) is 0 Å². The van der Waals surface area contributed by atoms with Crippen LogP contribution in [0, 0.1) is 5.92 Å². The van der Waals surface area contributed by atoms with Crippen LogP contribution in [0.4, 0.5) is 5.69 Å². The molecule has 0 bridgehead atoms. The van der Waals surface area contributed by atoms with Crippen LogP contribution in [0.25, 0.3) is 0 Å². The monoisotopic (exact) mass is 294 g/mol. The van der Waals surface area contributed by atoms with Gasteiger partial charge in [-0.2, -0.15) is 0 Å². The first-order valence-corrected chi connectivity index (χ1v) is 6.76. The lowest BCUT2D eigenvalue weighted by Crippen LogP contribution is -2.48. The number of hydrogen-bond acceptors (Lipinski definition) is 2. The smallest absolute Gasteiger partial charge is 0.230 e. The second-order valence-electron chi connectivity index (χ2n) is 4.78. The quantitative estimate of drug-likeness (QED) is 0.795. The number of hydrogen-bond donors (Lipinski definition) is 1. The van der Waals surface area contributed by atoms with E-state index in [9.17, 15) is 4.79 Å². The molecule has 2 aliphatic heterocycles. The molecule has 2 aliphatic rings. The number of carbonyl (C=O) groups is 1. The first-order valence-electron chi connectivity index (χ1n) is 5.97. The van der Waals surface area contributed by atoms with E-state index in [4.69, 9.17) is 0 Å². The summed E-state index contributed by atoms with van der Waals surface area (Å²) in [5, 5.41) is 3.39. The largest absolute Gasteiger partial charge is 0.316 e. The second-order valence-corrected chi connectivity index (χ2v) is 5.64. The molecular weight excluding hydrogens is 280 g/mol. The Morgan fingerprint density at radius 2 is 2.24 bits per heavy atom. The summed E-state index contributed by atoms with van der Waals surface area (Å²) >= 11 is 3.55. The van der Waals surface area contributed by atoms with Gasteiger partial charge < -0.3 is 10.2 Å². The van der Waals surface area contributed by atoms with Crippen LogP contribution in [-0.2, 0) is 4.79 Å². The van der Waals surface area contributed by atoms with Crippen molar-refractivity contribution in [3.05, 3.63) is 28.2 Å². The van der Waals surface area contributed by atoms with E-state index in [-0.39, 0.29) is 11.8 Å². The molecule has 1 N–H and O–H groups in total. The van der Waals surface area contributed by atoms with E-state index < -0.39 is 0 Å². The summed E-state index contributed by atoms with van der Waals surface area (Å²) < 4.78 is 1.01. The molecule has 0 aromatic heterocycles. The molecule has 90 valence electrons. The van der Waals surface area contributed by atoms with Gasteiger partial charge in [-0.05, 0) is 40.5 Å². The molecule has 1 saturated heterocycles. The van der Waals surface area contributed by atoms with E-state index >= 15 is 0 Å². The lowest BCUT2D eigenvalue weighted by atomic mass is 9.77. The summed E-state index contributed by atoms with van der Waals surface area (Å²) in [5.74, 6) is 0.749. The molecule has 3 rings (SSSR count). The van der Waals surface area contributed by atoms with E-state index in [1.165, 1.54) is 5.56 Å². The normalized spacial score (nSPS) is 27.6. The van der Waals surface area contributed by atoms with E-state index in [1.807, 2.05) is 18.0 Å². The molecule has 2 atom stereocenters. The molecule has 0 spiro atoms. The molecule has 2 unspecified atom stereocenters. The van der Waals surface area contributed by atoms with Gasteiger partial charge in [-0.25, -0.2) is 0 Å². The van der Waals surface area contributed by atoms with Crippen LogP contribution in [-0.4, -0.2) is 26.0 Å². The van der Waals surface area contributed by atoms with Crippen molar-refractivity contribution in [2.45, 2.75) is 12.3 Å². The van der Waals surface area contributed by atoms with Gasteiger partial charge in [0, 0.05) is 29.9 Å². The van der Waals surface area contributed by atoms with Crippen LogP contribution in [0.5, 0.6) is 0 Å². The highest BCUT2D eigenvalue weighted by Crippen LogP contribution is 2.44. The minimum atomic E-state index is 0.156. The molecule has 3 nitrogen and oxygen atoms in total. The molecule has 4 heteroatoms. The highest BCUT2D eigenvalue weighted by Gasteiger charge is 2.40. The van der Waals surface area contributed by atoms with Gasteiger partial charge in [-0.15, -0.1) is 0 Å². The van der Waals surface area contributed by atoms with Crippen molar-refractivity contribution in [1.82, 2.24) is 5.32 Å². The summed E-state index contributed by atoms with van der Waals surface area (Å²) in [6, 6.07) is 6.20. The first-order chi connectivity index (χ1) is 8.20. The number of rotatable bonds is 0. The topological polar surface area (TPSA) is 32.3 Å². The van der Waals surface area contributed by atoms with Gasteiger partial charge in [0.1, 0.15) is 0 Å². The molecule has 1 aromatic carbocycles. The Morgan fingerprint density at radius 1 is 1.41 bits per heavy atom. The number of nitrogens with zero attached hydrogens (tertiary/aromatic N) is 1. The summed E-state index contributed by atoms with van der Waals surface area (Å²) in [6.07, 6.45) is 0.944. The molecule has 0 radical (unpaired) electrons. The standard InChI is InChI=1S/C13H15BrN2O/c1-16-12-8(3-2-4-11(12)14)10-7-15-6-5-9(10)13(16)17/h2-4,9-10,15H,5-7H2,1H3. The summed E-state index contributed by atoms with van der Waals surface area (Å²) in [5.41, 5.74) is 2.33. The third kappa shape index (κ3) is 1.62. The molecule has 1 amide bonds. The van der Waals surface area contributed by atoms with Crippen molar-refractivity contribution in [3.63, 3.8) is 0 Å². The van der Waals surface area contributed by atoms with Gasteiger partial charge >= 0.3 is 0 Å². The maximum absolute atomic E-state index is 12.4. The Kier molecular flexibility index (Phi) is 2.71. The molecule has 0 aliphatic carbocycles. The van der Waals surface area contributed by atoms with Crippen molar-refractivity contribution in [2.24, 2.45) is 5.92 Å². The highest BCUT2D eigenvalue weighted by molar-refractivity contribution is 9.10. The van der Waals surface area contributed by atoms with E-state index in [2.05, 4.69) is 33.4 Å². The molecular formula is C13H15BrN2O. The minimum Gasteiger partial charge on any atom is -0.316 e. The van der Waals surface area contributed by atoms with Gasteiger partial charge in [-0.3, -0.25) is 4.79 Å². The summed E-state index contributed by atoms with van der Waals surface area (Å²) in [4.78, 5) is 14.2. The average molecular weight is 295 g/mol. The van der Waals surface area contributed by atoms with Crippen molar-refractivity contribution < 1.29 is 4.79 Å². The van der Waals surface area contributed by atoms with E-state index in [0.717, 1.165) is 29.7 Å². The molecule has 1 aromatic rings. The number of amides is 1.